The monoisotopic (exact) mass is 284 g/mol. The molecule has 2 aromatic rings. The van der Waals surface area contributed by atoms with E-state index in [1.165, 1.54) is 10.9 Å². The van der Waals surface area contributed by atoms with Crippen LogP contribution in [0.5, 0.6) is 0 Å². The van der Waals surface area contributed by atoms with Crippen LogP contribution >= 0.6 is 0 Å². The van der Waals surface area contributed by atoms with Crippen LogP contribution in [0.1, 0.15) is 24.8 Å². The molecule has 3 rings (SSSR count). The van der Waals surface area contributed by atoms with Crippen LogP contribution in [0.25, 0.3) is 10.9 Å². The third-order valence-corrected chi connectivity index (χ3v) is 4.37. The molecular weight excluding hydrogens is 264 g/mol. The van der Waals surface area contributed by atoms with Gasteiger partial charge in [0.15, 0.2) is 0 Å². The van der Waals surface area contributed by atoms with E-state index in [-0.39, 0.29) is 11.7 Å². The summed E-state index contributed by atoms with van der Waals surface area (Å²) in [6.07, 6.45) is 4.94. The molecule has 0 spiro atoms. The highest BCUT2D eigenvalue weighted by atomic mass is 16.2. The Morgan fingerprint density at radius 3 is 2.95 bits per heavy atom. The predicted octanol–water partition coefficient (Wildman–Crippen LogP) is 2.54. The zero-order valence-corrected chi connectivity index (χ0v) is 12.3. The number of rotatable bonds is 4. The van der Waals surface area contributed by atoms with Crippen molar-refractivity contribution in [2.24, 2.45) is 5.92 Å². The van der Waals surface area contributed by atoms with E-state index in [0.717, 1.165) is 18.4 Å². The molecule has 1 aromatic heterocycles. The molecular formula is C17H20N2O2. The number of carbonyl (C=O) groups excluding carboxylic acids is 2. The van der Waals surface area contributed by atoms with Crippen molar-refractivity contribution in [3.05, 3.63) is 36.0 Å². The summed E-state index contributed by atoms with van der Waals surface area (Å²) in [7, 11) is 1.78. The van der Waals surface area contributed by atoms with E-state index < -0.39 is 5.92 Å². The Morgan fingerprint density at radius 1 is 1.29 bits per heavy atom. The molecule has 110 valence electrons. The zero-order chi connectivity index (χ0) is 14.8. The van der Waals surface area contributed by atoms with E-state index in [4.69, 9.17) is 0 Å². The smallest absolute Gasteiger partial charge is 0.232 e. The summed E-state index contributed by atoms with van der Waals surface area (Å²) in [4.78, 5) is 28.9. The van der Waals surface area contributed by atoms with Crippen LogP contribution in [0.2, 0.25) is 0 Å². The van der Waals surface area contributed by atoms with Gasteiger partial charge in [-0.25, -0.2) is 0 Å². The Labute approximate surface area is 124 Å². The lowest BCUT2D eigenvalue weighted by Gasteiger charge is -2.28. The highest BCUT2D eigenvalue weighted by molar-refractivity contribution is 6.03. The van der Waals surface area contributed by atoms with Crippen molar-refractivity contribution in [1.82, 2.24) is 9.88 Å². The first kappa shape index (κ1) is 13.9. The SMILES string of the molecule is CN1CCC(=O)C(CCCc2c[nH]c3ccccc23)C1=O. The topological polar surface area (TPSA) is 53.2 Å². The molecule has 1 amide bonds. The van der Waals surface area contributed by atoms with Crippen LogP contribution in [0.3, 0.4) is 0 Å². The largest absolute Gasteiger partial charge is 0.361 e. The van der Waals surface area contributed by atoms with Gasteiger partial charge < -0.3 is 9.88 Å². The maximum Gasteiger partial charge on any atom is 0.232 e. The quantitative estimate of drug-likeness (QED) is 0.877. The number of piperidine rings is 1. The molecule has 1 aromatic carbocycles. The lowest BCUT2D eigenvalue weighted by molar-refractivity contribution is -0.144. The summed E-state index contributed by atoms with van der Waals surface area (Å²) >= 11 is 0. The third kappa shape index (κ3) is 2.71. The van der Waals surface area contributed by atoms with Crippen molar-refractivity contribution >= 4 is 22.6 Å². The second kappa shape index (κ2) is 5.72. The predicted molar refractivity (Wildman–Crippen MR) is 82.0 cm³/mol. The van der Waals surface area contributed by atoms with Crippen LogP contribution in [0, 0.1) is 5.92 Å². The molecule has 1 aliphatic rings. The molecule has 1 saturated heterocycles. The highest BCUT2D eigenvalue weighted by Gasteiger charge is 2.32. The minimum absolute atomic E-state index is 0.00910. The van der Waals surface area contributed by atoms with Gasteiger partial charge in [0, 0.05) is 37.1 Å². The van der Waals surface area contributed by atoms with Crippen LogP contribution in [-0.4, -0.2) is 35.2 Å². The van der Waals surface area contributed by atoms with Crippen LogP contribution in [-0.2, 0) is 16.0 Å². The number of aromatic amines is 1. The number of fused-ring (bicyclic) bond motifs is 1. The normalized spacial score (nSPS) is 19.5. The van der Waals surface area contributed by atoms with E-state index in [1.807, 2.05) is 18.3 Å². The Bertz CT molecular complexity index is 674. The number of amides is 1. The van der Waals surface area contributed by atoms with Crippen LogP contribution in [0.15, 0.2) is 30.5 Å². The van der Waals surface area contributed by atoms with Crippen molar-refractivity contribution in [3.63, 3.8) is 0 Å². The molecule has 2 heterocycles. The molecule has 0 radical (unpaired) electrons. The number of benzene rings is 1. The fraction of sp³-hybridized carbons (Fsp3) is 0.412. The number of nitrogens with one attached hydrogen (secondary N) is 1. The van der Waals surface area contributed by atoms with Gasteiger partial charge in [0.2, 0.25) is 5.91 Å². The number of carbonyl (C=O) groups is 2. The summed E-state index contributed by atoms with van der Waals surface area (Å²) in [6, 6.07) is 8.20. The number of likely N-dealkylation sites (tertiary alicyclic amines) is 1. The molecule has 1 atom stereocenters. The summed E-state index contributed by atoms with van der Waals surface area (Å²) in [5.74, 6) is -0.323. The van der Waals surface area contributed by atoms with Crippen molar-refractivity contribution in [2.45, 2.75) is 25.7 Å². The molecule has 0 bridgehead atoms. The molecule has 1 unspecified atom stereocenters. The van der Waals surface area contributed by atoms with Gasteiger partial charge in [-0.15, -0.1) is 0 Å². The molecule has 1 aliphatic heterocycles. The molecule has 4 heteroatoms. The van der Waals surface area contributed by atoms with Crippen molar-refractivity contribution in [1.29, 1.82) is 0 Å². The number of ketones is 1. The summed E-state index contributed by atoms with van der Waals surface area (Å²) in [5.41, 5.74) is 2.40. The van der Waals surface area contributed by atoms with Gasteiger partial charge in [0.05, 0.1) is 5.92 Å². The van der Waals surface area contributed by atoms with Gasteiger partial charge in [-0.1, -0.05) is 18.2 Å². The van der Waals surface area contributed by atoms with Gasteiger partial charge in [0.25, 0.3) is 0 Å². The van der Waals surface area contributed by atoms with Crippen LogP contribution < -0.4 is 0 Å². The first-order valence-corrected chi connectivity index (χ1v) is 7.49. The van der Waals surface area contributed by atoms with Gasteiger partial charge >= 0.3 is 0 Å². The Hall–Kier alpha value is -2.10. The lowest BCUT2D eigenvalue weighted by atomic mass is 9.90. The van der Waals surface area contributed by atoms with Crippen molar-refractivity contribution < 1.29 is 9.59 Å². The summed E-state index contributed by atoms with van der Waals surface area (Å²) < 4.78 is 0. The van der Waals surface area contributed by atoms with Gasteiger partial charge in [-0.2, -0.15) is 0 Å². The Balaban J connectivity index is 1.63. The van der Waals surface area contributed by atoms with Crippen molar-refractivity contribution in [3.8, 4) is 0 Å². The van der Waals surface area contributed by atoms with Gasteiger partial charge in [0.1, 0.15) is 5.78 Å². The average molecular weight is 284 g/mol. The molecule has 21 heavy (non-hydrogen) atoms. The minimum Gasteiger partial charge on any atom is -0.361 e. The van der Waals surface area contributed by atoms with Crippen LogP contribution in [0.4, 0.5) is 0 Å². The van der Waals surface area contributed by atoms with E-state index in [0.29, 0.717) is 19.4 Å². The second-order valence-electron chi connectivity index (χ2n) is 5.78. The fourth-order valence-electron chi connectivity index (χ4n) is 3.09. The second-order valence-corrected chi connectivity index (χ2v) is 5.78. The van der Waals surface area contributed by atoms with Gasteiger partial charge in [-0.05, 0) is 30.9 Å². The lowest BCUT2D eigenvalue weighted by Crippen LogP contribution is -2.43. The number of aryl methyl sites for hydroxylation is 1. The number of Topliss-reactive ketones (excluding diaryl/α,β-unsaturated/α-hetero) is 1. The standard InChI is InChI=1S/C17H20N2O2/c1-19-10-9-16(20)14(17(19)21)7-4-5-12-11-18-15-8-3-2-6-13(12)15/h2-3,6,8,11,14,18H,4-5,7,9-10H2,1H3. The number of aromatic nitrogens is 1. The third-order valence-electron chi connectivity index (χ3n) is 4.37. The van der Waals surface area contributed by atoms with Gasteiger partial charge in [-0.3, -0.25) is 9.59 Å². The maximum absolute atomic E-state index is 12.0. The molecule has 1 fully saturated rings. The summed E-state index contributed by atoms with van der Waals surface area (Å²) in [5, 5.41) is 1.23. The number of para-hydroxylation sites is 1. The number of nitrogens with zero attached hydrogens (tertiary/aromatic N) is 1. The number of hydrogen-bond donors (Lipinski definition) is 1. The average Bonchev–Trinajstić information content (AvgIpc) is 2.90. The fourth-order valence-corrected chi connectivity index (χ4v) is 3.09. The number of H-pyrrole nitrogens is 1. The molecule has 0 saturated carbocycles. The van der Waals surface area contributed by atoms with E-state index in [9.17, 15) is 9.59 Å². The zero-order valence-electron chi connectivity index (χ0n) is 12.3. The Kier molecular flexibility index (Phi) is 3.78. The van der Waals surface area contributed by atoms with E-state index >= 15 is 0 Å². The molecule has 1 N–H and O–H groups in total. The van der Waals surface area contributed by atoms with E-state index in [1.54, 1.807) is 11.9 Å². The van der Waals surface area contributed by atoms with Crippen molar-refractivity contribution in [2.75, 3.05) is 13.6 Å². The molecule has 0 aliphatic carbocycles. The molecule has 4 nitrogen and oxygen atoms in total. The van der Waals surface area contributed by atoms with E-state index in [2.05, 4.69) is 17.1 Å². The first-order chi connectivity index (χ1) is 10.2. The minimum atomic E-state index is -0.422. The first-order valence-electron chi connectivity index (χ1n) is 7.49. The summed E-state index contributed by atoms with van der Waals surface area (Å²) in [6.45, 7) is 0.566. The maximum atomic E-state index is 12.0. The highest BCUT2D eigenvalue weighted by Crippen LogP contribution is 2.23. The number of hydrogen-bond acceptors (Lipinski definition) is 2. The Morgan fingerprint density at radius 2 is 2.10 bits per heavy atom.